The average molecular weight is 404 g/mol. The summed E-state index contributed by atoms with van der Waals surface area (Å²) in [5.41, 5.74) is 1.81. The molecule has 0 spiro atoms. The second-order valence-corrected chi connectivity index (χ2v) is 9.37. The van der Waals surface area contributed by atoms with Crippen LogP contribution in [0.3, 0.4) is 0 Å². The van der Waals surface area contributed by atoms with Crippen LogP contribution >= 0.6 is 0 Å². The van der Waals surface area contributed by atoms with Crippen molar-refractivity contribution in [1.82, 2.24) is 19.8 Å². The normalized spacial score (nSPS) is 24.9. The molecule has 2 N–H and O–H groups in total. The van der Waals surface area contributed by atoms with Crippen LogP contribution in [0.5, 0.6) is 5.75 Å². The van der Waals surface area contributed by atoms with Gasteiger partial charge in [0.05, 0.1) is 19.1 Å². The predicted molar refractivity (Wildman–Crippen MR) is 105 cm³/mol. The van der Waals surface area contributed by atoms with Crippen LogP contribution in [0.2, 0.25) is 0 Å². The van der Waals surface area contributed by atoms with E-state index in [4.69, 9.17) is 4.74 Å². The minimum atomic E-state index is -3.21. The molecular formula is C19H24N4O4S. The van der Waals surface area contributed by atoms with Crippen molar-refractivity contribution in [1.29, 1.82) is 0 Å². The summed E-state index contributed by atoms with van der Waals surface area (Å²) in [4.78, 5) is 12.7. The fraction of sp³-hybridized carbons (Fsp3) is 0.474. The monoisotopic (exact) mass is 404 g/mol. The second kappa shape index (κ2) is 7.21. The molecule has 2 bridgehead atoms. The van der Waals surface area contributed by atoms with Crippen molar-refractivity contribution in [2.24, 2.45) is 0 Å². The highest BCUT2D eigenvalue weighted by Gasteiger charge is 2.45. The molecule has 2 saturated heterocycles. The number of piperidine rings is 1. The van der Waals surface area contributed by atoms with Gasteiger partial charge >= 0.3 is 0 Å². The number of carbonyl (C=O) groups excluding carboxylic acids is 1. The van der Waals surface area contributed by atoms with E-state index in [-0.39, 0.29) is 24.0 Å². The summed E-state index contributed by atoms with van der Waals surface area (Å²) in [7, 11) is -1.61. The number of ether oxygens (including phenoxy) is 1. The van der Waals surface area contributed by atoms with E-state index < -0.39 is 10.0 Å². The van der Waals surface area contributed by atoms with Gasteiger partial charge in [0.15, 0.2) is 0 Å². The Kier molecular flexibility index (Phi) is 4.88. The van der Waals surface area contributed by atoms with Crippen LogP contribution in [0.1, 0.15) is 36.2 Å². The number of methoxy groups -OCH3 is 1. The zero-order valence-electron chi connectivity index (χ0n) is 15.9. The van der Waals surface area contributed by atoms with Gasteiger partial charge in [-0.25, -0.2) is 8.42 Å². The molecule has 2 aliphatic heterocycles. The Labute approximate surface area is 164 Å². The number of fused-ring (bicyclic) bond motifs is 2. The van der Waals surface area contributed by atoms with Crippen LogP contribution < -0.4 is 10.1 Å². The number of carbonyl (C=O) groups is 1. The van der Waals surface area contributed by atoms with Crippen LogP contribution in [-0.4, -0.2) is 60.3 Å². The van der Waals surface area contributed by atoms with E-state index >= 15 is 0 Å². The summed E-state index contributed by atoms with van der Waals surface area (Å²) >= 11 is 0. The molecule has 2 fully saturated rings. The van der Waals surface area contributed by atoms with E-state index in [1.54, 1.807) is 17.5 Å². The standard InChI is InChI=1S/C19H24N4O4S/c1-27-18-6-4-3-5-15(18)16-11-17(22-21-16)19(24)20-12-9-13-7-8-14(10-12)23(13)28(2,25)26/h3-6,11-14H,7-10H2,1-2H3,(H,20,24)(H,21,22). The van der Waals surface area contributed by atoms with Crippen molar-refractivity contribution >= 4 is 15.9 Å². The van der Waals surface area contributed by atoms with Gasteiger partial charge in [0.25, 0.3) is 5.91 Å². The lowest BCUT2D eigenvalue weighted by Crippen LogP contribution is -2.52. The lowest BCUT2D eigenvalue weighted by molar-refractivity contribution is 0.0904. The summed E-state index contributed by atoms with van der Waals surface area (Å²) in [6.45, 7) is 0. The smallest absolute Gasteiger partial charge is 0.269 e. The number of benzene rings is 1. The molecule has 0 aliphatic carbocycles. The Morgan fingerprint density at radius 1 is 1.25 bits per heavy atom. The highest BCUT2D eigenvalue weighted by Crippen LogP contribution is 2.37. The van der Waals surface area contributed by atoms with Gasteiger partial charge in [0, 0.05) is 23.7 Å². The van der Waals surface area contributed by atoms with Crippen LogP contribution in [0.4, 0.5) is 0 Å². The first-order valence-electron chi connectivity index (χ1n) is 9.35. The summed E-state index contributed by atoms with van der Waals surface area (Å²) in [5.74, 6) is 0.455. The third kappa shape index (κ3) is 3.51. The molecule has 2 unspecified atom stereocenters. The zero-order chi connectivity index (χ0) is 19.9. The lowest BCUT2D eigenvalue weighted by atomic mass is 9.99. The van der Waals surface area contributed by atoms with Crippen LogP contribution in [-0.2, 0) is 10.0 Å². The first-order chi connectivity index (χ1) is 13.4. The second-order valence-electron chi connectivity index (χ2n) is 7.49. The van der Waals surface area contributed by atoms with E-state index in [0.29, 0.717) is 30.0 Å². The fourth-order valence-electron chi connectivity index (χ4n) is 4.49. The number of hydrogen-bond acceptors (Lipinski definition) is 5. The molecule has 1 aromatic carbocycles. The summed E-state index contributed by atoms with van der Waals surface area (Å²) in [5, 5.41) is 10.1. The number of aromatic nitrogens is 2. The molecule has 2 aromatic rings. The third-order valence-corrected chi connectivity index (χ3v) is 6.95. The summed E-state index contributed by atoms with van der Waals surface area (Å²) < 4.78 is 31.0. The molecule has 9 heteroatoms. The number of nitrogens with one attached hydrogen (secondary N) is 2. The Morgan fingerprint density at radius 2 is 1.93 bits per heavy atom. The number of sulfonamides is 1. The molecule has 8 nitrogen and oxygen atoms in total. The van der Waals surface area contributed by atoms with Gasteiger partial charge < -0.3 is 10.1 Å². The zero-order valence-corrected chi connectivity index (χ0v) is 16.7. The Balaban J connectivity index is 1.45. The molecule has 4 rings (SSSR count). The summed E-state index contributed by atoms with van der Waals surface area (Å²) in [6, 6.07) is 9.10. The largest absolute Gasteiger partial charge is 0.496 e. The Hall–Kier alpha value is -2.39. The molecule has 1 amide bonds. The van der Waals surface area contributed by atoms with Crippen molar-refractivity contribution in [3.8, 4) is 17.0 Å². The molecule has 1 aromatic heterocycles. The van der Waals surface area contributed by atoms with Gasteiger partial charge in [0.2, 0.25) is 10.0 Å². The van der Waals surface area contributed by atoms with Crippen molar-refractivity contribution in [3.63, 3.8) is 0 Å². The van der Waals surface area contributed by atoms with Crippen molar-refractivity contribution < 1.29 is 17.9 Å². The number of aromatic amines is 1. The minimum absolute atomic E-state index is 0.0232. The number of hydrogen-bond donors (Lipinski definition) is 2. The minimum Gasteiger partial charge on any atom is -0.496 e. The lowest BCUT2D eigenvalue weighted by Gasteiger charge is -2.37. The van der Waals surface area contributed by atoms with Gasteiger partial charge in [-0.15, -0.1) is 0 Å². The number of rotatable bonds is 5. The number of nitrogens with zero attached hydrogens (tertiary/aromatic N) is 2. The van der Waals surface area contributed by atoms with E-state index in [9.17, 15) is 13.2 Å². The van der Waals surface area contributed by atoms with Crippen LogP contribution in [0, 0.1) is 0 Å². The molecule has 2 aliphatic rings. The van der Waals surface area contributed by atoms with Gasteiger partial charge in [-0.3, -0.25) is 9.89 Å². The number of para-hydroxylation sites is 1. The molecule has 0 saturated carbocycles. The van der Waals surface area contributed by atoms with Crippen LogP contribution in [0.25, 0.3) is 11.3 Å². The van der Waals surface area contributed by atoms with Gasteiger partial charge in [-0.1, -0.05) is 12.1 Å². The molecule has 2 atom stereocenters. The maximum atomic E-state index is 12.7. The Bertz CT molecular complexity index is 973. The molecule has 0 radical (unpaired) electrons. The van der Waals surface area contributed by atoms with E-state index in [1.807, 2.05) is 24.3 Å². The first-order valence-corrected chi connectivity index (χ1v) is 11.2. The SMILES string of the molecule is COc1ccccc1-c1cc(C(=O)NC2CC3CCC(C2)N3S(C)(=O)=O)[nH]n1. The number of H-pyrrole nitrogens is 1. The molecule has 28 heavy (non-hydrogen) atoms. The highest BCUT2D eigenvalue weighted by molar-refractivity contribution is 7.88. The van der Waals surface area contributed by atoms with Crippen molar-refractivity contribution in [3.05, 3.63) is 36.0 Å². The van der Waals surface area contributed by atoms with Gasteiger partial charge in [-0.05, 0) is 43.9 Å². The maximum absolute atomic E-state index is 12.7. The quantitative estimate of drug-likeness (QED) is 0.790. The van der Waals surface area contributed by atoms with E-state index in [1.165, 1.54) is 6.26 Å². The topological polar surface area (TPSA) is 104 Å². The van der Waals surface area contributed by atoms with Crippen molar-refractivity contribution in [2.45, 2.75) is 43.8 Å². The molecular weight excluding hydrogens is 380 g/mol. The third-order valence-electron chi connectivity index (χ3n) is 5.59. The van der Waals surface area contributed by atoms with E-state index in [2.05, 4.69) is 15.5 Å². The first kappa shape index (κ1) is 18.9. The van der Waals surface area contributed by atoms with Gasteiger partial charge in [-0.2, -0.15) is 9.40 Å². The summed E-state index contributed by atoms with van der Waals surface area (Å²) in [6.07, 6.45) is 4.26. The predicted octanol–water partition coefficient (Wildman–Crippen LogP) is 1.77. The number of amides is 1. The van der Waals surface area contributed by atoms with Crippen LogP contribution in [0.15, 0.2) is 30.3 Å². The maximum Gasteiger partial charge on any atom is 0.269 e. The van der Waals surface area contributed by atoms with Crippen molar-refractivity contribution in [2.75, 3.05) is 13.4 Å². The van der Waals surface area contributed by atoms with Gasteiger partial charge in [0.1, 0.15) is 11.4 Å². The molecule has 3 heterocycles. The highest BCUT2D eigenvalue weighted by atomic mass is 32.2. The van der Waals surface area contributed by atoms with E-state index in [0.717, 1.165) is 18.4 Å². The molecule has 150 valence electrons. The Morgan fingerprint density at radius 3 is 2.57 bits per heavy atom. The fourth-order valence-corrected chi connectivity index (χ4v) is 5.95. The average Bonchev–Trinajstić information content (AvgIpc) is 3.25.